The highest BCUT2D eigenvalue weighted by Crippen LogP contribution is 2.39. The van der Waals surface area contributed by atoms with E-state index < -0.39 is 10.1 Å². The molecule has 0 spiro atoms. The van der Waals surface area contributed by atoms with E-state index in [9.17, 15) is 13.0 Å². The molecule has 3 aromatic rings. The number of hydrogen-bond donors (Lipinski definition) is 1. The van der Waals surface area contributed by atoms with Gasteiger partial charge >= 0.3 is 0 Å². The summed E-state index contributed by atoms with van der Waals surface area (Å²) in [6, 6.07) is 13.9. The SMILES string of the molecule is COc1c2ccccc2c(S(=O)(=O)O)c2ccccc12. The zero-order valence-electron chi connectivity index (χ0n) is 10.7. The van der Waals surface area contributed by atoms with Crippen molar-refractivity contribution in [2.45, 2.75) is 4.90 Å². The summed E-state index contributed by atoms with van der Waals surface area (Å²) in [5, 5.41) is 2.21. The second-order valence-corrected chi connectivity index (χ2v) is 5.79. The van der Waals surface area contributed by atoms with Crippen molar-refractivity contribution in [1.29, 1.82) is 0 Å². The Morgan fingerprint density at radius 2 is 1.25 bits per heavy atom. The second kappa shape index (κ2) is 4.47. The number of benzene rings is 3. The smallest absolute Gasteiger partial charge is 0.295 e. The fourth-order valence-corrected chi connectivity index (χ4v) is 3.46. The lowest BCUT2D eigenvalue weighted by atomic mass is 10.0. The van der Waals surface area contributed by atoms with E-state index in [1.807, 2.05) is 0 Å². The first-order valence-electron chi connectivity index (χ1n) is 5.99. The number of fused-ring (bicyclic) bond motifs is 2. The third-order valence-corrected chi connectivity index (χ3v) is 4.25. The number of methoxy groups -OCH3 is 1. The van der Waals surface area contributed by atoms with Gasteiger partial charge < -0.3 is 4.74 Å². The van der Waals surface area contributed by atoms with Gasteiger partial charge in [0.15, 0.2) is 0 Å². The lowest BCUT2D eigenvalue weighted by molar-refractivity contribution is 0.424. The van der Waals surface area contributed by atoms with Crippen LogP contribution in [0.25, 0.3) is 21.5 Å². The molecule has 0 aromatic heterocycles. The molecule has 0 atom stereocenters. The van der Waals surface area contributed by atoms with Crippen LogP contribution in [0.15, 0.2) is 53.4 Å². The van der Waals surface area contributed by atoms with Crippen LogP contribution in [0.3, 0.4) is 0 Å². The van der Waals surface area contributed by atoms with E-state index in [2.05, 4.69) is 0 Å². The molecule has 0 fully saturated rings. The molecule has 0 aliphatic carbocycles. The molecule has 0 unspecified atom stereocenters. The van der Waals surface area contributed by atoms with Gasteiger partial charge in [-0.25, -0.2) is 0 Å². The van der Waals surface area contributed by atoms with Crippen LogP contribution in [-0.2, 0) is 10.1 Å². The summed E-state index contributed by atoms with van der Waals surface area (Å²) >= 11 is 0. The predicted octanol–water partition coefficient (Wildman–Crippen LogP) is 3.25. The molecule has 5 heteroatoms. The van der Waals surface area contributed by atoms with Crippen LogP contribution in [0.1, 0.15) is 0 Å². The molecule has 20 heavy (non-hydrogen) atoms. The minimum Gasteiger partial charge on any atom is -0.495 e. The zero-order chi connectivity index (χ0) is 14.3. The molecule has 0 radical (unpaired) electrons. The molecule has 102 valence electrons. The highest BCUT2D eigenvalue weighted by atomic mass is 32.2. The van der Waals surface area contributed by atoms with E-state index in [1.165, 1.54) is 0 Å². The monoisotopic (exact) mass is 288 g/mol. The van der Waals surface area contributed by atoms with E-state index in [-0.39, 0.29) is 4.90 Å². The topological polar surface area (TPSA) is 63.6 Å². The molecule has 0 amide bonds. The van der Waals surface area contributed by atoms with Crippen LogP contribution < -0.4 is 4.74 Å². The van der Waals surface area contributed by atoms with Gasteiger partial charge in [0.25, 0.3) is 10.1 Å². The van der Waals surface area contributed by atoms with E-state index in [0.717, 1.165) is 0 Å². The summed E-state index contributed by atoms with van der Waals surface area (Å²) in [4.78, 5) is -0.0792. The molecular formula is C15H12O4S. The maximum atomic E-state index is 11.8. The third kappa shape index (κ3) is 1.83. The van der Waals surface area contributed by atoms with Gasteiger partial charge in [0.05, 0.1) is 7.11 Å². The quantitative estimate of drug-likeness (QED) is 0.581. The van der Waals surface area contributed by atoms with E-state index >= 15 is 0 Å². The maximum absolute atomic E-state index is 11.8. The molecule has 0 aliphatic heterocycles. The predicted molar refractivity (Wildman–Crippen MR) is 77.8 cm³/mol. The van der Waals surface area contributed by atoms with Crippen molar-refractivity contribution in [3.8, 4) is 5.75 Å². The minimum absolute atomic E-state index is 0.0792. The number of ether oxygens (including phenoxy) is 1. The number of rotatable bonds is 2. The first kappa shape index (κ1) is 12.9. The van der Waals surface area contributed by atoms with Crippen molar-refractivity contribution >= 4 is 31.7 Å². The summed E-state index contributed by atoms with van der Waals surface area (Å²) in [5.41, 5.74) is 0. The highest BCUT2D eigenvalue weighted by Gasteiger charge is 2.21. The van der Waals surface area contributed by atoms with Crippen LogP contribution >= 0.6 is 0 Å². The van der Waals surface area contributed by atoms with Gasteiger partial charge in [0, 0.05) is 21.5 Å². The molecule has 0 aliphatic rings. The fraction of sp³-hybridized carbons (Fsp3) is 0.0667. The molecule has 0 heterocycles. The van der Waals surface area contributed by atoms with E-state index in [1.54, 1.807) is 55.6 Å². The molecule has 3 rings (SSSR count). The van der Waals surface area contributed by atoms with E-state index in [0.29, 0.717) is 27.3 Å². The first-order chi connectivity index (χ1) is 9.54. The second-order valence-electron chi connectivity index (χ2n) is 4.43. The highest BCUT2D eigenvalue weighted by molar-refractivity contribution is 7.86. The van der Waals surface area contributed by atoms with Gasteiger partial charge in [-0.05, 0) is 0 Å². The average Bonchev–Trinajstić information content (AvgIpc) is 2.43. The van der Waals surface area contributed by atoms with Crippen molar-refractivity contribution in [1.82, 2.24) is 0 Å². The summed E-state index contributed by atoms with van der Waals surface area (Å²) in [7, 11) is -2.79. The molecule has 0 bridgehead atoms. The zero-order valence-corrected chi connectivity index (χ0v) is 11.5. The Kier molecular flexibility index (Phi) is 2.88. The van der Waals surface area contributed by atoms with Crippen LogP contribution in [0.4, 0.5) is 0 Å². The summed E-state index contributed by atoms with van der Waals surface area (Å²) in [6.45, 7) is 0. The lowest BCUT2D eigenvalue weighted by Crippen LogP contribution is -2.02. The van der Waals surface area contributed by atoms with E-state index in [4.69, 9.17) is 4.74 Å². The molecule has 0 saturated carbocycles. The van der Waals surface area contributed by atoms with Crippen LogP contribution in [0, 0.1) is 0 Å². The van der Waals surface area contributed by atoms with Gasteiger partial charge in [-0.2, -0.15) is 8.42 Å². The summed E-state index contributed by atoms with van der Waals surface area (Å²) < 4.78 is 38.6. The fourth-order valence-electron chi connectivity index (χ4n) is 2.55. The third-order valence-electron chi connectivity index (χ3n) is 3.29. The Balaban J connectivity index is 2.71. The van der Waals surface area contributed by atoms with Crippen molar-refractivity contribution in [3.63, 3.8) is 0 Å². The lowest BCUT2D eigenvalue weighted by Gasteiger charge is -2.13. The number of hydrogen-bond acceptors (Lipinski definition) is 3. The Labute approximate surface area is 116 Å². The maximum Gasteiger partial charge on any atom is 0.295 e. The van der Waals surface area contributed by atoms with Crippen LogP contribution in [0.2, 0.25) is 0 Å². The molecule has 3 aromatic carbocycles. The average molecular weight is 288 g/mol. The largest absolute Gasteiger partial charge is 0.495 e. The van der Waals surface area contributed by atoms with Gasteiger partial charge in [-0.3, -0.25) is 4.55 Å². The van der Waals surface area contributed by atoms with Gasteiger partial charge in [0.2, 0.25) is 0 Å². The van der Waals surface area contributed by atoms with Gasteiger partial charge in [-0.1, -0.05) is 48.5 Å². The standard InChI is InChI=1S/C15H12O4S/c1-19-14-10-6-2-4-8-12(10)15(20(16,17)18)13-9-5-3-7-11(13)14/h2-9H,1H3,(H,16,17,18). The first-order valence-corrected chi connectivity index (χ1v) is 7.43. The Morgan fingerprint density at radius 3 is 1.60 bits per heavy atom. The molecule has 4 nitrogen and oxygen atoms in total. The van der Waals surface area contributed by atoms with Crippen LogP contribution in [-0.4, -0.2) is 20.1 Å². The summed E-state index contributed by atoms with van der Waals surface area (Å²) in [5.74, 6) is 0.601. The molecular weight excluding hydrogens is 276 g/mol. The normalized spacial score (nSPS) is 11.9. The Morgan fingerprint density at radius 1 is 0.850 bits per heavy atom. The Hall–Kier alpha value is -2.11. The summed E-state index contributed by atoms with van der Waals surface area (Å²) in [6.07, 6.45) is 0. The Bertz CT molecular complexity index is 857. The van der Waals surface area contributed by atoms with Crippen molar-refractivity contribution in [3.05, 3.63) is 48.5 Å². The van der Waals surface area contributed by atoms with Crippen molar-refractivity contribution in [2.24, 2.45) is 0 Å². The van der Waals surface area contributed by atoms with Crippen LogP contribution in [0.5, 0.6) is 5.75 Å². The minimum atomic E-state index is -4.34. The van der Waals surface area contributed by atoms with Gasteiger partial charge in [0.1, 0.15) is 10.6 Å². The van der Waals surface area contributed by atoms with Crippen molar-refractivity contribution in [2.75, 3.05) is 7.11 Å². The van der Waals surface area contributed by atoms with Crippen molar-refractivity contribution < 1.29 is 17.7 Å². The molecule has 0 saturated heterocycles. The molecule has 1 N–H and O–H groups in total. The van der Waals surface area contributed by atoms with Gasteiger partial charge in [-0.15, -0.1) is 0 Å².